The molecule has 0 saturated heterocycles. The van der Waals surface area contributed by atoms with Gasteiger partial charge in [0.05, 0.1) is 0 Å². The van der Waals surface area contributed by atoms with Crippen LogP contribution in [0.5, 0.6) is 11.5 Å². The van der Waals surface area contributed by atoms with E-state index in [0.29, 0.717) is 28.6 Å². The third kappa shape index (κ3) is 3.06. The molecule has 6 nitrogen and oxygen atoms in total. The lowest BCUT2D eigenvalue weighted by atomic mass is 10.1. The Hall–Kier alpha value is -3.80. The Labute approximate surface area is 173 Å². The van der Waals surface area contributed by atoms with E-state index in [1.807, 2.05) is 45.0 Å². The van der Waals surface area contributed by atoms with Crippen molar-refractivity contribution in [1.29, 1.82) is 0 Å². The third-order valence-corrected chi connectivity index (χ3v) is 5.27. The number of ether oxygens (including phenoxy) is 2. The van der Waals surface area contributed by atoms with Gasteiger partial charge in [0.2, 0.25) is 12.7 Å². The monoisotopic (exact) mass is 400 g/mol. The molecule has 1 aliphatic rings. The average Bonchev–Trinajstić information content (AvgIpc) is 3.35. The maximum absolute atomic E-state index is 12.8. The van der Waals surface area contributed by atoms with Gasteiger partial charge in [-0.25, -0.2) is 4.98 Å². The van der Waals surface area contributed by atoms with E-state index in [1.54, 1.807) is 18.2 Å². The standard InChI is InChI=1S/C24H20N2O4/c1-13-9-14(2)22-19(10-13)26-24(30-22)17-5-4-6-18(15(17)3)25-23(27)16-7-8-20-21(11-16)29-12-28-20/h4-11H,12H2,1-3H3,(H,25,27). The summed E-state index contributed by atoms with van der Waals surface area (Å²) in [6.07, 6.45) is 0. The number of aromatic nitrogens is 1. The summed E-state index contributed by atoms with van der Waals surface area (Å²) < 4.78 is 16.7. The van der Waals surface area contributed by atoms with Crippen molar-refractivity contribution in [3.63, 3.8) is 0 Å². The fourth-order valence-electron chi connectivity index (χ4n) is 3.73. The minimum absolute atomic E-state index is 0.172. The molecule has 1 aromatic heterocycles. The minimum Gasteiger partial charge on any atom is -0.454 e. The number of aryl methyl sites for hydroxylation is 2. The van der Waals surface area contributed by atoms with Gasteiger partial charge in [0, 0.05) is 16.8 Å². The molecule has 1 N–H and O–H groups in total. The molecular formula is C24H20N2O4. The van der Waals surface area contributed by atoms with Gasteiger partial charge in [-0.1, -0.05) is 12.1 Å². The van der Waals surface area contributed by atoms with Crippen molar-refractivity contribution >= 4 is 22.7 Å². The molecule has 0 saturated carbocycles. The number of carbonyl (C=O) groups is 1. The van der Waals surface area contributed by atoms with Gasteiger partial charge in [-0.3, -0.25) is 4.79 Å². The number of hydrogen-bond donors (Lipinski definition) is 1. The molecule has 0 radical (unpaired) electrons. The van der Waals surface area contributed by atoms with E-state index >= 15 is 0 Å². The summed E-state index contributed by atoms with van der Waals surface area (Å²) in [5.41, 5.74) is 6.72. The second-order valence-electron chi connectivity index (χ2n) is 7.45. The fourth-order valence-corrected chi connectivity index (χ4v) is 3.73. The molecule has 4 aromatic rings. The number of oxazole rings is 1. The van der Waals surface area contributed by atoms with Crippen LogP contribution in [0.2, 0.25) is 0 Å². The maximum atomic E-state index is 12.8. The van der Waals surface area contributed by atoms with Gasteiger partial charge in [0.25, 0.3) is 5.91 Å². The van der Waals surface area contributed by atoms with E-state index in [4.69, 9.17) is 13.9 Å². The van der Waals surface area contributed by atoms with Crippen LogP contribution in [-0.4, -0.2) is 17.7 Å². The summed E-state index contributed by atoms with van der Waals surface area (Å²) in [7, 11) is 0. The molecule has 30 heavy (non-hydrogen) atoms. The third-order valence-electron chi connectivity index (χ3n) is 5.27. The Morgan fingerprint density at radius 2 is 1.83 bits per heavy atom. The molecule has 0 fully saturated rings. The summed E-state index contributed by atoms with van der Waals surface area (Å²) in [6, 6.07) is 14.9. The zero-order chi connectivity index (χ0) is 20.8. The van der Waals surface area contributed by atoms with E-state index in [2.05, 4.69) is 16.4 Å². The molecule has 6 heteroatoms. The van der Waals surface area contributed by atoms with Gasteiger partial charge in [0.1, 0.15) is 5.52 Å². The van der Waals surface area contributed by atoms with Crippen LogP contribution in [0.1, 0.15) is 27.0 Å². The van der Waals surface area contributed by atoms with E-state index in [0.717, 1.165) is 33.4 Å². The molecule has 3 aromatic carbocycles. The van der Waals surface area contributed by atoms with Gasteiger partial charge < -0.3 is 19.2 Å². The number of anilines is 1. The lowest BCUT2D eigenvalue weighted by Gasteiger charge is -2.11. The molecule has 0 aliphatic carbocycles. The maximum Gasteiger partial charge on any atom is 0.255 e. The van der Waals surface area contributed by atoms with Crippen LogP contribution >= 0.6 is 0 Å². The molecule has 5 rings (SSSR count). The number of fused-ring (bicyclic) bond motifs is 2. The summed E-state index contributed by atoms with van der Waals surface area (Å²) in [6.45, 7) is 6.17. The molecule has 0 bridgehead atoms. The Kier molecular flexibility index (Phi) is 4.20. The van der Waals surface area contributed by atoms with Crippen LogP contribution in [-0.2, 0) is 0 Å². The van der Waals surface area contributed by atoms with Crippen LogP contribution < -0.4 is 14.8 Å². The SMILES string of the molecule is Cc1cc(C)c2oc(-c3cccc(NC(=O)c4ccc5c(c4)OCO5)c3C)nc2c1. The van der Waals surface area contributed by atoms with Crippen LogP contribution in [0.4, 0.5) is 5.69 Å². The smallest absolute Gasteiger partial charge is 0.255 e. The number of nitrogens with one attached hydrogen (secondary N) is 1. The highest BCUT2D eigenvalue weighted by Gasteiger charge is 2.18. The Morgan fingerprint density at radius 1 is 1.00 bits per heavy atom. The topological polar surface area (TPSA) is 73.6 Å². The lowest BCUT2D eigenvalue weighted by molar-refractivity contribution is 0.102. The first kappa shape index (κ1) is 18.2. The van der Waals surface area contributed by atoms with Gasteiger partial charge in [-0.15, -0.1) is 0 Å². The second kappa shape index (κ2) is 6.91. The summed E-state index contributed by atoms with van der Waals surface area (Å²) in [4.78, 5) is 17.5. The highest BCUT2D eigenvalue weighted by Crippen LogP contribution is 2.34. The average molecular weight is 400 g/mol. The predicted octanol–water partition coefficient (Wildman–Crippen LogP) is 5.40. The zero-order valence-electron chi connectivity index (χ0n) is 16.9. The summed E-state index contributed by atoms with van der Waals surface area (Å²) in [5, 5.41) is 2.98. The Balaban J connectivity index is 1.48. The van der Waals surface area contributed by atoms with Gasteiger partial charge in [-0.2, -0.15) is 0 Å². The normalized spacial score (nSPS) is 12.4. The second-order valence-corrected chi connectivity index (χ2v) is 7.45. The fraction of sp³-hybridized carbons (Fsp3) is 0.167. The number of rotatable bonds is 3. The molecule has 2 heterocycles. The van der Waals surface area contributed by atoms with E-state index in [1.165, 1.54) is 0 Å². The van der Waals surface area contributed by atoms with Crippen molar-refractivity contribution in [2.24, 2.45) is 0 Å². The molecule has 0 spiro atoms. The Bertz CT molecular complexity index is 1310. The number of benzene rings is 3. The highest BCUT2D eigenvalue weighted by molar-refractivity contribution is 6.05. The van der Waals surface area contributed by atoms with Gasteiger partial charge in [-0.05, 0) is 73.9 Å². The van der Waals surface area contributed by atoms with Gasteiger partial charge >= 0.3 is 0 Å². The number of hydrogen-bond acceptors (Lipinski definition) is 5. The molecule has 1 aliphatic heterocycles. The first-order valence-electron chi connectivity index (χ1n) is 9.68. The first-order valence-corrected chi connectivity index (χ1v) is 9.68. The largest absolute Gasteiger partial charge is 0.454 e. The van der Waals surface area contributed by atoms with E-state index in [-0.39, 0.29) is 12.7 Å². The molecule has 0 unspecified atom stereocenters. The molecule has 0 atom stereocenters. The molecule has 150 valence electrons. The predicted molar refractivity (Wildman–Crippen MR) is 114 cm³/mol. The van der Waals surface area contributed by atoms with E-state index in [9.17, 15) is 4.79 Å². The zero-order valence-corrected chi connectivity index (χ0v) is 16.9. The summed E-state index contributed by atoms with van der Waals surface area (Å²) >= 11 is 0. The van der Waals surface area contributed by atoms with E-state index < -0.39 is 0 Å². The van der Waals surface area contributed by atoms with Crippen LogP contribution in [0, 0.1) is 20.8 Å². The number of amides is 1. The van der Waals surface area contributed by atoms with Crippen molar-refractivity contribution in [1.82, 2.24) is 4.98 Å². The van der Waals surface area contributed by atoms with Crippen LogP contribution in [0.25, 0.3) is 22.6 Å². The van der Waals surface area contributed by atoms with Crippen LogP contribution in [0.3, 0.4) is 0 Å². The van der Waals surface area contributed by atoms with Crippen molar-refractivity contribution in [3.8, 4) is 23.0 Å². The van der Waals surface area contributed by atoms with Gasteiger partial charge in [0.15, 0.2) is 17.1 Å². The summed E-state index contributed by atoms with van der Waals surface area (Å²) in [5.74, 6) is 1.53. The highest BCUT2D eigenvalue weighted by atomic mass is 16.7. The van der Waals surface area contributed by atoms with Crippen LogP contribution in [0.15, 0.2) is 52.9 Å². The molecular weight excluding hydrogens is 380 g/mol. The van der Waals surface area contributed by atoms with Crippen molar-refractivity contribution in [3.05, 3.63) is 70.8 Å². The molecule has 1 amide bonds. The number of nitrogens with zero attached hydrogens (tertiary/aromatic N) is 1. The first-order chi connectivity index (χ1) is 14.5. The van der Waals surface area contributed by atoms with Crippen molar-refractivity contribution in [2.75, 3.05) is 12.1 Å². The lowest BCUT2D eigenvalue weighted by Crippen LogP contribution is -2.13. The number of carbonyl (C=O) groups excluding carboxylic acids is 1. The van der Waals surface area contributed by atoms with Crippen molar-refractivity contribution in [2.45, 2.75) is 20.8 Å². The minimum atomic E-state index is -0.224. The quantitative estimate of drug-likeness (QED) is 0.498. The Morgan fingerprint density at radius 3 is 2.70 bits per heavy atom. The van der Waals surface area contributed by atoms with Crippen molar-refractivity contribution < 1.29 is 18.7 Å².